The minimum atomic E-state index is -0.485. The number of anilines is 1. The van der Waals surface area contributed by atoms with Gasteiger partial charge in [0.1, 0.15) is 5.60 Å². The maximum absolute atomic E-state index is 12.2. The summed E-state index contributed by atoms with van der Waals surface area (Å²) in [5.41, 5.74) is 3.22. The van der Waals surface area contributed by atoms with E-state index in [0.717, 1.165) is 22.5 Å². The van der Waals surface area contributed by atoms with Crippen molar-refractivity contribution in [3.8, 4) is 11.1 Å². The summed E-state index contributed by atoms with van der Waals surface area (Å²) in [5, 5.41) is 4.91. The van der Waals surface area contributed by atoms with Crippen molar-refractivity contribution in [3.63, 3.8) is 0 Å². The number of hydrogen-bond acceptors (Lipinski definition) is 5. The van der Waals surface area contributed by atoms with Crippen LogP contribution in [0, 0.1) is 0 Å². The molecule has 0 N–H and O–H groups in total. The molecule has 4 rings (SSSR count). The van der Waals surface area contributed by atoms with E-state index < -0.39 is 5.60 Å². The molecule has 3 heterocycles. The summed E-state index contributed by atoms with van der Waals surface area (Å²) in [5.74, 6) is 0. The second kappa shape index (κ2) is 7.55. The fourth-order valence-corrected chi connectivity index (χ4v) is 3.66. The smallest absolute Gasteiger partial charge is 0.410 e. The number of benzene rings is 1. The van der Waals surface area contributed by atoms with Crippen LogP contribution >= 0.6 is 11.6 Å². The Bertz CT molecular complexity index is 1030. The molecule has 0 atom stereocenters. The second-order valence-corrected chi connectivity index (χ2v) is 8.50. The Morgan fingerprint density at radius 1 is 1.10 bits per heavy atom. The number of carbonyl (C=O) groups excluding carboxylic acids is 1. The highest BCUT2D eigenvalue weighted by atomic mass is 35.5. The molecule has 1 saturated heterocycles. The maximum atomic E-state index is 12.2. The summed E-state index contributed by atoms with van der Waals surface area (Å²) < 4.78 is 7.20. The SMILES string of the molecule is CC(C)(C)OC(=O)N1CCN(c2ccc(-c3cnc4ccnn4c3)cc2Cl)CC1. The number of fused-ring (bicyclic) bond motifs is 1. The molecule has 1 aliphatic rings. The van der Waals surface area contributed by atoms with Crippen molar-refractivity contribution in [2.45, 2.75) is 26.4 Å². The number of nitrogens with zero attached hydrogens (tertiary/aromatic N) is 5. The molecule has 1 aromatic carbocycles. The van der Waals surface area contributed by atoms with Crippen LogP contribution in [-0.2, 0) is 4.74 Å². The third-order valence-electron chi connectivity index (χ3n) is 4.80. The van der Waals surface area contributed by atoms with Crippen LogP contribution in [0.25, 0.3) is 16.8 Å². The highest BCUT2D eigenvalue weighted by Crippen LogP contribution is 2.31. The monoisotopic (exact) mass is 413 g/mol. The van der Waals surface area contributed by atoms with Crippen LogP contribution in [0.15, 0.2) is 42.9 Å². The lowest BCUT2D eigenvalue weighted by Gasteiger charge is -2.37. The standard InChI is InChI=1S/C21H24ClN5O2/c1-21(2,3)29-20(28)26-10-8-25(9-11-26)18-5-4-15(12-17(18)22)16-13-23-19-6-7-24-27(19)14-16/h4-7,12-14H,8-11H2,1-3H3. The Labute approximate surface area is 174 Å². The van der Waals surface area contributed by atoms with Crippen molar-refractivity contribution in [3.05, 3.63) is 47.9 Å². The first kappa shape index (κ1) is 19.5. The van der Waals surface area contributed by atoms with Gasteiger partial charge in [0.05, 0.1) is 16.9 Å². The topological polar surface area (TPSA) is 63.0 Å². The molecule has 0 spiro atoms. The van der Waals surface area contributed by atoms with Crippen LogP contribution in [0.1, 0.15) is 20.8 Å². The Kier molecular flexibility index (Phi) is 5.08. The van der Waals surface area contributed by atoms with Crippen molar-refractivity contribution in [2.75, 3.05) is 31.1 Å². The third-order valence-corrected chi connectivity index (χ3v) is 5.10. The van der Waals surface area contributed by atoms with Gasteiger partial charge in [-0.05, 0) is 38.5 Å². The lowest BCUT2D eigenvalue weighted by molar-refractivity contribution is 0.0240. The Hall–Kier alpha value is -2.80. The first-order valence-corrected chi connectivity index (χ1v) is 10.0. The van der Waals surface area contributed by atoms with Crippen molar-refractivity contribution in [1.29, 1.82) is 0 Å². The number of amides is 1. The van der Waals surface area contributed by atoms with E-state index in [1.165, 1.54) is 0 Å². The fraction of sp³-hybridized carbons (Fsp3) is 0.381. The Morgan fingerprint density at radius 2 is 1.86 bits per heavy atom. The number of piperazine rings is 1. The molecule has 0 aliphatic carbocycles. The highest BCUT2D eigenvalue weighted by molar-refractivity contribution is 6.33. The summed E-state index contributed by atoms with van der Waals surface area (Å²) in [6, 6.07) is 7.86. The fourth-order valence-electron chi connectivity index (χ4n) is 3.36. The first-order chi connectivity index (χ1) is 13.8. The van der Waals surface area contributed by atoms with Gasteiger partial charge in [0.25, 0.3) is 0 Å². The molecular weight excluding hydrogens is 390 g/mol. The molecule has 2 aromatic heterocycles. The summed E-state index contributed by atoms with van der Waals surface area (Å²) in [6.45, 7) is 8.25. The van der Waals surface area contributed by atoms with Crippen LogP contribution in [0.3, 0.4) is 0 Å². The molecule has 1 aliphatic heterocycles. The van der Waals surface area contributed by atoms with E-state index in [-0.39, 0.29) is 6.09 Å². The zero-order chi connectivity index (χ0) is 20.6. The quantitative estimate of drug-likeness (QED) is 0.632. The van der Waals surface area contributed by atoms with Gasteiger partial charge in [-0.1, -0.05) is 17.7 Å². The van der Waals surface area contributed by atoms with Crippen molar-refractivity contribution in [1.82, 2.24) is 19.5 Å². The van der Waals surface area contributed by atoms with Crippen LogP contribution < -0.4 is 4.90 Å². The van der Waals surface area contributed by atoms with Gasteiger partial charge in [0.2, 0.25) is 0 Å². The van der Waals surface area contributed by atoms with Gasteiger partial charge in [-0.2, -0.15) is 5.10 Å². The van der Waals surface area contributed by atoms with E-state index in [1.54, 1.807) is 15.6 Å². The molecule has 0 saturated carbocycles. The van der Waals surface area contributed by atoms with Crippen LogP contribution in [0.4, 0.5) is 10.5 Å². The van der Waals surface area contributed by atoms with Gasteiger partial charge >= 0.3 is 6.09 Å². The molecule has 7 nitrogen and oxygen atoms in total. The molecule has 1 fully saturated rings. The largest absolute Gasteiger partial charge is 0.444 e. The van der Waals surface area contributed by atoms with Crippen molar-refractivity contribution < 1.29 is 9.53 Å². The summed E-state index contributed by atoms with van der Waals surface area (Å²) in [4.78, 5) is 20.6. The zero-order valence-electron chi connectivity index (χ0n) is 16.8. The van der Waals surface area contributed by atoms with Crippen LogP contribution in [0.2, 0.25) is 5.02 Å². The maximum Gasteiger partial charge on any atom is 0.410 e. The predicted molar refractivity (Wildman–Crippen MR) is 113 cm³/mol. The number of carbonyl (C=O) groups is 1. The van der Waals surface area contributed by atoms with Gasteiger partial charge in [0, 0.05) is 50.2 Å². The Balaban J connectivity index is 1.45. The molecule has 3 aromatic rings. The first-order valence-electron chi connectivity index (χ1n) is 9.62. The van der Waals surface area contributed by atoms with E-state index >= 15 is 0 Å². The van der Waals surface area contributed by atoms with Crippen molar-refractivity contribution >= 4 is 29.0 Å². The van der Waals surface area contributed by atoms with Gasteiger partial charge in [-0.3, -0.25) is 0 Å². The molecule has 8 heteroatoms. The van der Waals surface area contributed by atoms with E-state index in [4.69, 9.17) is 16.3 Å². The highest BCUT2D eigenvalue weighted by Gasteiger charge is 2.26. The van der Waals surface area contributed by atoms with E-state index in [0.29, 0.717) is 31.2 Å². The predicted octanol–water partition coefficient (Wildman–Crippen LogP) is 4.11. The zero-order valence-corrected chi connectivity index (χ0v) is 17.6. The number of halogens is 1. The van der Waals surface area contributed by atoms with Crippen LogP contribution in [0.5, 0.6) is 0 Å². The minimum Gasteiger partial charge on any atom is -0.444 e. The summed E-state index contributed by atoms with van der Waals surface area (Å²) >= 11 is 6.61. The van der Waals surface area contributed by atoms with Crippen LogP contribution in [-0.4, -0.2) is 57.4 Å². The molecule has 0 bridgehead atoms. The van der Waals surface area contributed by atoms with Gasteiger partial charge in [-0.15, -0.1) is 0 Å². The third kappa shape index (κ3) is 4.29. The number of aromatic nitrogens is 3. The summed E-state index contributed by atoms with van der Waals surface area (Å²) in [7, 11) is 0. The number of hydrogen-bond donors (Lipinski definition) is 0. The molecule has 29 heavy (non-hydrogen) atoms. The lowest BCUT2D eigenvalue weighted by Crippen LogP contribution is -2.50. The van der Waals surface area contributed by atoms with Gasteiger partial charge in [0.15, 0.2) is 5.65 Å². The second-order valence-electron chi connectivity index (χ2n) is 8.10. The van der Waals surface area contributed by atoms with Gasteiger partial charge in [-0.25, -0.2) is 14.3 Å². The number of rotatable bonds is 2. The van der Waals surface area contributed by atoms with Gasteiger partial charge < -0.3 is 14.5 Å². The minimum absolute atomic E-state index is 0.264. The molecule has 0 radical (unpaired) electrons. The average molecular weight is 414 g/mol. The molecule has 0 unspecified atom stereocenters. The van der Waals surface area contributed by atoms with Crippen molar-refractivity contribution in [2.24, 2.45) is 0 Å². The molecule has 1 amide bonds. The average Bonchev–Trinajstić information content (AvgIpc) is 3.14. The number of ether oxygens (including phenoxy) is 1. The van der Waals surface area contributed by atoms with E-state index in [2.05, 4.69) is 15.0 Å². The van der Waals surface area contributed by atoms with E-state index in [1.807, 2.05) is 57.4 Å². The Morgan fingerprint density at radius 3 is 2.55 bits per heavy atom. The normalized spacial score (nSPS) is 15.0. The molecular formula is C21H24ClN5O2. The molecule has 152 valence electrons. The summed E-state index contributed by atoms with van der Waals surface area (Å²) in [6.07, 6.45) is 5.22. The van der Waals surface area contributed by atoms with E-state index in [9.17, 15) is 4.79 Å². The lowest BCUT2D eigenvalue weighted by atomic mass is 10.1.